The second-order valence-electron chi connectivity index (χ2n) is 2.52. The van der Waals surface area contributed by atoms with Gasteiger partial charge in [-0.3, -0.25) is 5.73 Å². The van der Waals surface area contributed by atoms with Gasteiger partial charge in [0, 0.05) is 0 Å². The van der Waals surface area contributed by atoms with Gasteiger partial charge in [-0.05, 0) is 30.7 Å². The second-order valence-corrected chi connectivity index (χ2v) is 2.52. The van der Waals surface area contributed by atoms with Crippen LogP contribution in [0.3, 0.4) is 0 Å². The predicted molar refractivity (Wildman–Crippen MR) is 45.3 cm³/mol. The SMILES string of the molecule is CCC(N)Oc1ccc(F)cc1. The fraction of sp³-hybridized carbons (Fsp3) is 0.333. The van der Waals surface area contributed by atoms with Crippen molar-refractivity contribution in [2.24, 2.45) is 5.73 Å². The Hall–Kier alpha value is -1.09. The minimum atomic E-state index is -0.310. The van der Waals surface area contributed by atoms with Crippen LogP contribution in [-0.2, 0) is 0 Å². The molecule has 1 unspecified atom stereocenters. The van der Waals surface area contributed by atoms with E-state index in [-0.39, 0.29) is 12.0 Å². The maximum atomic E-state index is 12.4. The fourth-order valence-electron chi connectivity index (χ4n) is 0.771. The third kappa shape index (κ3) is 2.51. The van der Waals surface area contributed by atoms with Crippen LogP contribution in [0.4, 0.5) is 4.39 Å². The minimum Gasteiger partial charge on any atom is -0.476 e. The van der Waals surface area contributed by atoms with Gasteiger partial charge in [-0.1, -0.05) is 6.92 Å². The number of benzene rings is 1. The fourth-order valence-corrected chi connectivity index (χ4v) is 0.771. The average Bonchev–Trinajstić information content (AvgIpc) is 2.09. The summed E-state index contributed by atoms with van der Waals surface area (Å²) in [7, 11) is 0. The molecule has 0 aliphatic carbocycles. The molecule has 2 N–H and O–H groups in total. The summed E-state index contributed by atoms with van der Waals surface area (Å²) >= 11 is 0. The lowest BCUT2D eigenvalue weighted by Gasteiger charge is -2.11. The van der Waals surface area contributed by atoms with E-state index >= 15 is 0 Å². The van der Waals surface area contributed by atoms with Gasteiger partial charge >= 0.3 is 0 Å². The predicted octanol–water partition coefficient (Wildman–Crippen LogP) is 1.90. The third-order valence-corrected chi connectivity index (χ3v) is 1.50. The monoisotopic (exact) mass is 169 g/mol. The molecule has 0 aliphatic heterocycles. The highest BCUT2D eigenvalue weighted by molar-refractivity contribution is 5.22. The molecule has 0 saturated heterocycles. The summed E-state index contributed by atoms with van der Waals surface area (Å²) < 4.78 is 17.6. The Bertz CT molecular complexity index is 235. The third-order valence-electron chi connectivity index (χ3n) is 1.50. The molecule has 3 heteroatoms. The maximum Gasteiger partial charge on any atom is 0.147 e. The van der Waals surface area contributed by atoms with Gasteiger partial charge in [0.2, 0.25) is 0 Å². The van der Waals surface area contributed by atoms with Crippen LogP contribution in [0.2, 0.25) is 0 Å². The Labute approximate surface area is 71.1 Å². The summed E-state index contributed by atoms with van der Waals surface area (Å²) in [6, 6.07) is 5.81. The normalized spacial score (nSPS) is 12.6. The van der Waals surface area contributed by atoms with Gasteiger partial charge in [-0.2, -0.15) is 0 Å². The first-order valence-corrected chi connectivity index (χ1v) is 3.90. The molecule has 1 atom stereocenters. The van der Waals surface area contributed by atoms with Crippen molar-refractivity contribution in [2.75, 3.05) is 0 Å². The highest BCUT2D eigenvalue weighted by Gasteiger charge is 2.00. The number of ether oxygens (including phenoxy) is 1. The van der Waals surface area contributed by atoms with Crippen molar-refractivity contribution >= 4 is 0 Å². The van der Waals surface area contributed by atoms with E-state index in [0.717, 1.165) is 6.42 Å². The van der Waals surface area contributed by atoms with Crippen LogP contribution in [-0.4, -0.2) is 6.23 Å². The van der Waals surface area contributed by atoms with E-state index < -0.39 is 0 Å². The van der Waals surface area contributed by atoms with E-state index in [1.165, 1.54) is 12.1 Å². The van der Waals surface area contributed by atoms with Gasteiger partial charge in [-0.15, -0.1) is 0 Å². The van der Waals surface area contributed by atoms with Crippen LogP contribution in [0, 0.1) is 5.82 Å². The Morgan fingerprint density at radius 1 is 1.42 bits per heavy atom. The first-order chi connectivity index (χ1) is 5.72. The number of nitrogens with two attached hydrogens (primary N) is 1. The molecule has 0 spiro atoms. The van der Waals surface area contributed by atoms with E-state index in [4.69, 9.17) is 10.5 Å². The first-order valence-electron chi connectivity index (χ1n) is 3.90. The highest BCUT2D eigenvalue weighted by atomic mass is 19.1. The van der Waals surface area contributed by atoms with Crippen molar-refractivity contribution in [3.8, 4) is 5.75 Å². The molecule has 66 valence electrons. The molecule has 0 aromatic heterocycles. The highest BCUT2D eigenvalue weighted by Crippen LogP contribution is 2.12. The molecule has 1 rings (SSSR count). The van der Waals surface area contributed by atoms with Crippen molar-refractivity contribution in [1.29, 1.82) is 0 Å². The molecule has 0 saturated carbocycles. The molecule has 0 amide bonds. The Morgan fingerprint density at radius 2 is 2.00 bits per heavy atom. The Morgan fingerprint density at radius 3 is 2.50 bits per heavy atom. The lowest BCUT2D eigenvalue weighted by molar-refractivity contribution is 0.205. The molecule has 2 nitrogen and oxygen atoms in total. The molecular formula is C9H12FNO. The van der Waals surface area contributed by atoms with E-state index in [1.807, 2.05) is 6.92 Å². The smallest absolute Gasteiger partial charge is 0.147 e. The van der Waals surface area contributed by atoms with Gasteiger partial charge in [0.05, 0.1) is 0 Å². The zero-order valence-electron chi connectivity index (χ0n) is 6.96. The van der Waals surface area contributed by atoms with Crippen LogP contribution in [0.15, 0.2) is 24.3 Å². The summed E-state index contributed by atoms with van der Waals surface area (Å²) in [5.41, 5.74) is 5.53. The van der Waals surface area contributed by atoms with Gasteiger partial charge in [0.1, 0.15) is 17.8 Å². The Kier molecular flexibility index (Phi) is 3.05. The standard InChI is InChI=1S/C9H12FNO/c1-2-9(11)12-8-5-3-7(10)4-6-8/h3-6,9H,2,11H2,1H3. The lowest BCUT2D eigenvalue weighted by Crippen LogP contribution is -2.25. The summed E-state index contributed by atoms with van der Waals surface area (Å²) in [6.45, 7) is 1.92. The first kappa shape index (κ1) is 9.00. The van der Waals surface area contributed by atoms with Crippen LogP contribution in [0.25, 0.3) is 0 Å². The van der Waals surface area contributed by atoms with Gasteiger partial charge in [-0.25, -0.2) is 4.39 Å². The van der Waals surface area contributed by atoms with Crippen LogP contribution < -0.4 is 10.5 Å². The second kappa shape index (κ2) is 4.07. The molecule has 0 heterocycles. The summed E-state index contributed by atoms with van der Waals surface area (Å²) in [4.78, 5) is 0. The zero-order valence-corrected chi connectivity index (χ0v) is 6.96. The molecule has 0 fully saturated rings. The average molecular weight is 169 g/mol. The molecule has 0 bridgehead atoms. The number of halogens is 1. The van der Waals surface area contributed by atoms with Crippen molar-refractivity contribution < 1.29 is 9.13 Å². The van der Waals surface area contributed by atoms with E-state index in [2.05, 4.69) is 0 Å². The Balaban J connectivity index is 2.58. The van der Waals surface area contributed by atoms with E-state index in [0.29, 0.717) is 5.75 Å². The lowest BCUT2D eigenvalue weighted by atomic mass is 10.3. The molecule has 0 radical (unpaired) electrons. The van der Waals surface area contributed by atoms with Crippen molar-refractivity contribution in [2.45, 2.75) is 19.6 Å². The van der Waals surface area contributed by atoms with Gasteiger partial charge in [0.25, 0.3) is 0 Å². The molecule has 12 heavy (non-hydrogen) atoms. The summed E-state index contributed by atoms with van der Waals surface area (Å²) in [5.74, 6) is 0.332. The summed E-state index contributed by atoms with van der Waals surface area (Å²) in [5, 5.41) is 0. The zero-order chi connectivity index (χ0) is 8.97. The summed E-state index contributed by atoms with van der Waals surface area (Å²) in [6.07, 6.45) is 0.424. The van der Waals surface area contributed by atoms with Gasteiger partial charge < -0.3 is 4.74 Å². The van der Waals surface area contributed by atoms with Crippen LogP contribution >= 0.6 is 0 Å². The molecular weight excluding hydrogens is 157 g/mol. The topological polar surface area (TPSA) is 35.2 Å². The van der Waals surface area contributed by atoms with E-state index in [9.17, 15) is 4.39 Å². The van der Waals surface area contributed by atoms with Crippen LogP contribution in [0.1, 0.15) is 13.3 Å². The van der Waals surface area contributed by atoms with Crippen molar-refractivity contribution in [3.05, 3.63) is 30.1 Å². The largest absolute Gasteiger partial charge is 0.476 e. The minimum absolute atomic E-state index is 0.271. The molecule has 0 aliphatic rings. The quantitative estimate of drug-likeness (QED) is 0.701. The number of hydrogen-bond acceptors (Lipinski definition) is 2. The maximum absolute atomic E-state index is 12.4. The van der Waals surface area contributed by atoms with E-state index in [1.54, 1.807) is 12.1 Å². The number of rotatable bonds is 3. The van der Waals surface area contributed by atoms with Crippen molar-refractivity contribution in [1.82, 2.24) is 0 Å². The molecule has 1 aromatic carbocycles. The van der Waals surface area contributed by atoms with Gasteiger partial charge in [0.15, 0.2) is 0 Å². The van der Waals surface area contributed by atoms with Crippen molar-refractivity contribution in [3.63, 3.8) is 0 Å². The van der Waals surface area contributed by atoms with Crippen LogP contribution in [0.5, 0.6) is 5.75 Å². The molecule has 1 aromatic rings. The number of hydrogen-bond donors (Lipinski definition) is 1.